The summed E-state index contributed by atoms with van der Waals surface area (Å²) in [6.45, 7) is 7.99. The van der Waals surface area contributed by atoms with E-state index in [1.165, 1.54) is 6.20 Å². The number of primary amides is 1. The highest BCUT2D eigenvalue weighted by Crippen LogP contribution is 2.23. The summed E-state index contributed by atoms with van der Waals surface area (Å²) in [6.07, 6.45) is 6.93. The lowest BCUT2D eigenvalue weighted by Crippen LogP contribution is -2.30. The topological polar surface area (TPSA) is 169 Å². The number of carbonyl (C=O) groups is 1. The van der Waals surface area contributed by atoms with Crippen LogP contribution in [0.5, 0.6) is 0 Å². The first-order valence-electron chi connectivity index (χ1n) is 11.2. The third kappa shape index (κ3) is 11.6. The molecule has 1 heterocycles. The molecular formula is C22H42N6O4. The van der Waals surface area contributed by atoms with Crippen LogP contribution in [0.2, 0.25) is 0 Å². The maximum Gasteiger partial charge on any atom is 0.254 e. The van der Waals surface area contributed by atoms with E-state index in [2.05, 4.69) is 20.6 Å². The van der Waals surface area contributed by atoms with Crippen LogP contribution in [-0.4, -0.2) is 69.6 Å². The molecule has 2 rings (SSSR count). The summed E-state index contributed by atoms with van der Waals surface area (Å²) in [5.74, 6) is 0.273. The summed E-state index contributed by atoms with van der Waals surface area (Å²) in [7, 11) is 1.75. The third-order valence-corrected chi connectivity index (χ3v) is 5.18. The second-order valence-corrected chi connectivity index (χ2v) is 9.51. The Hall–Kier alpha value is -2.01. The minimum Gasteiger partial charge on any atom is -0.390 e. The zero-order chi connectivity index (χ0) is 24.4. The molecule has 0 bridgehead atoms. The van der Waals surface area contributed by atoms with E-state index in [0.29, 0.717) is 43.8 Å². The standard InChI is InChI=1S/C17H29N5O3.C5H13NO/c1-17(2,24)8-9-19-15-13(14(18)23)10-20-16(22-15)21-11-4-6-12(25-3)7-5-11;1-5(2,7)3-4-6/h10-12,24H,4-9H2,1-3H3,(H2,18,23)(H2,19,20,21,22);7H,3-4,6H2,1-2H3. The maximum atomic E-state index is 11.6. The Bertz CT molecular complexity index is 695. The van der Waals surface area contributed by atoms with Crippen LogP contribution in [0, 0.1) is 0 Å². The lowest BCUT2D eigenvalue weighted by atomic mass is 9.93. The van der Waals surface area contributed by atoms with E-state index in [0.717, 1.165) is 25.7 Å². The molecule has 10 heteroatoms. The molecule has 0 saturated heterocycles. The molecule has 32 heavy (non-hydrogen) atoms. The van der Waals surface area contributed by atoms with E-state index >= 15 is 0 Å². The molecule has 1 aromatic heterocycles. The van der Waals surface area contributed by atoms with E-state index in [4.69, 9.17) is 21.3 Å². The number of hydrogen-bond acceptors (Lipinski definition) is 9. The molecule has 10 nitrogen and oxygen atoms in total. The van der Waals surface area contributed by atoms with Gasteiger partial charge in [-0.15, -0.1) is 0 Å². The monoisotopic (exact) mass is 454 g/mol. The van der Waals surface area contributed by atoms with Crippen molar-refractivity contribution in [1.29, 1.82) is 0 Å². The van der Waals surface area contributed by atoms with Crippen LogP contribution in [0.4, 0.5) is 11.8 Å². The van der Waals surface area contributed by atoms with E-state index in [-0.39, 0.29) is 11.6 Å². The average molecular weight is 455 g/mol. The van der Waals surface area contributed by atoms with Crippen LogP contribution >= 0.6 is 0 Å². The molecule has 1 aromatic rings. The second-order valence-electron chi connectivity index (χ2n) is 9.51. The molecule has 0 aliphatic heterocycles. The zero-order valence-corrected chi connectivity index (χ0v) is 20.1. The van der Waals surface area contributed by atoms with E-state index < -0.39 is 17.1 Å². The zero-order valence-electron chi connectivity index (χ0n) is 20.1. The summed E-state index contributed by atoms with van der Waals surface area (Å²) in [5.41, 5.74) is 9.42. The fraction of sp³-hybridized carbons (Fsp3) is 0.773. The van der Waals surface area contributed by atoms with Gasteiger partial charge in [0.1, 0.15) is 5.82 Å². The minimum atomic E-state index is -0.798. The number of carbonyl (C=O) groups excluding carboxylic acids is 1. The third-order valence-electron chi connectivity index (χ3n) is 5.18. The van der Waals surface area contributed by atoms with Gasteiger partial charge in [-0.25, -0.2) is 4.98 Å². The Kier molecular flexibility index (Phi) is 11.3. The Labute approximate surface area is 191 Å². The van der Waals surface area contributed by atoms with Crippen molar-refractivity contribution < 1.29 is 19.7 Å². The van der Waals surface area contributed by atoms with Gasteiger partial charge >= 0.3 is 0 Å². The van der Waals surface area contributed by atoms with Gasteiger partial charge in [-0.2, -0.15) is 4.98 Å². The van der Waals surface area contributed by atoms with Gasteiger partial charge in [0, 0.05) is 25.9 Å². The van der Waals surface area contributed by atoms with Crippen molar-refractivity contribution in [1.82, 2.24) is 9.97 Å². The van der Waals surface area contributed by atoms with E-state index in [9.17, 15) is 9.90 Å². The van der Waals surface area contributed by atoms with Crippen LogP contribution in [0.3, 0.4) is 0 Å². The summed E-state index contributed by atoms with van der Waals surface area (Å²) in [6, 6.07) is 0.287. The van der Waals surface area contributed by atoms with Crippen LogP contribution in [0.25, 0.3) is 0 Å². The number of rotatable bonds is 10. The molecule has 184 valence electrons. The molecule has 1 amide bonds. The summed E-state index contributed by atoms with van der Waals surface area (Å²) < 4.78 is 5.38. The summed E-state index contributed by atoms with van der Waals surface area (Å²) in [5, 5.41) is 25.1. The van der Waals surface area contributed by atoms with Crippen molar-refractivity contribution in [3.63, 3.8) is 0 Å². The van der Waals surface area contributed by atoms with Gasteiger partial charge in [0.15, 0.2) is 0 Å². The molecule has 0 aromatic carbocycles. The number of hydrogen-bond donors (Lipinski definition) is 6. The van der Waals surface area contributed by atoms with E-state index in [1.807, 2.05) is 0 Å². The molecule has 0 atom stereocenters. The number of nitrogens with one attached hydrogen (secondary N) is 2. The number of anilines is 2. The number of methoxy groups -OCH3 is 1. The lowest BCUT2D eigenvalue weighted by molar-refractivity contribution is 0.0681. The van der Waals surface area contributed by atoms with Gasteiger partial charge in [0.2, 0.25) is 5.95 Å². The predicted molar refractivity (Wildman–Crippen MR) is 127 cm³/mol. The molecule has 1 fully saturated rings. The number of nitrogens with zero attached hydrogens (tertiary/aromatic N) is 2. The Morgan fingerprint density at radius 1 is 1.16 bits per heavy atom. The first kappa shape index (κ1) is 28.0. The van der Waals surface area contributed by atoms with Gasteiger partial charge in [-0.3, -0.25) is 4.79 Å². The molecule has 0 unspecified atom stereocenters. The highest BCUT2D eigenvalue weighted by atomic mass is 16.5. The van der Waals surface area contributed by atoms with Gasteiger partial charge in [-0.05, 0) is 72.8 Å². The summed E-state index contributed by atoms with van der Waals surface area (Å²) >= 11 is 0. The van der Waals surface area contributed by atoms with Gasteiger partial charge in [0.25, 0.3) is 5.91 Å². The molecule has 0 radical (unpaired) electrons. The number of aliphatic hydroxyl groups is 2. The van der Waals surface area contributed by atoms with Crippen LogP contribution < -0.4 is 22.1 Å². The smallest absolute Gasteiger partial charge is 0.254 e. The van der Waals surface area contributed by atoms with Crippen molar-refractivity contribution in [3.05, 3.63) is 11.8 Å². The van der Waals surface area contributed by atoms with Crippen LogP contribution in [0.1, 0.15) is 76.6 Å². The van der Waals surface area contributed by atoms with Gasteiger partial charge in [0.05, 0.1) is 22.9 Å². The van der Waals surface area contributed by atoms with Crippen molar-refractivity contribution in [2.24, 2.45) is 11.5 Å². The van der Waals surface area contributed by atoms with E-state index in [1.54, 1.807) is 34.8 Å². The highest BCUT2D eigenvalue weighted by Gasteiger charge is 2.22. The number of nitrogens with two attached hydrogens (primary N) is 2. The normalized spacial score (nSPS) is 19.0. The van der Waals surface area contributed by atoms with Crippen LogP contribution in [-0.2, 0) is 4.74 Å². The van der Waals surface area contributed by atoms with Gasteiger partial charge in [-0.1, -0.05) is 0 Å². The Morgan fingerprint density at radius 2 is 1.75 bits per heavy atom. The molecular weight excluding hydrogens is 412 g/mol. The number of ether oxygens (including phenoxy) is 1. The fourth-order valence-electron chi connectivity index (χ4n) is 3.23. The summed E-state index contributed by atoms with van der Waals surface area (Å²) in [4.78, 5) is 20.2. The van der Waals surface area contributed by atoms with Crippen molar-refractivity contribution >= 4 is 17.7 Å². The Balaban J connectivity index is 0.000000633. The first-order chi connectivity index (χ1) is 14.8. The number of amides is 1. The second kappa shape index (κ2) is 12.9. The first-order valence-corrected chi connectivity index (χ1v) is 11.2. The predicted octanol–water partition coefficient (Wildman–Crippen LogP) is 1.62. The number of aromatic nitrogens is 2. The van der Waals surface area contributed by atoms with Crippen molar-refractivity contribution in [2.75, 3.05) is 30.8 Å². The SMILES string of the molecule is CC(C)(O)CCN.COC1CCC(Nc2ncc(C(N)=O)c(NCCC(C)(C)O)n2)CC1. The quantitative estimate of drug-likeness (QED) is 0.307. The van der Waals surface area contributed by atoms with Crippen molar-refractivity contribution in [2.45, 2.75) is 89.6 Å². The molecule has 1 aliphatic carbocycles. The molecule has 8 N–H and O–H groups in total. The molecule has 1 saturated carbocycles. The maximum absolute atomic E-state index is 11.6. The van der Waals surface area contributed by atoms with Gasteiger partial charge < -0.3 is 37.1 Å². The highest BCUT2D eigenvalue weighted by molar-refractivity contribution is 5.97. The van der Waals surface area contributed by atoms with Crippen molar-refractivity contribution in [3.8, 4) is 0 Å². The minimum absolute atomic E-state index is 0.240. The lowest BCUT2D eigenvalue weighted by Gasteiger charge is -2.28. The van der Waals surface area contributed by atoms with Crippen LogP contribution in [0.15, 0.2) is 6.20 Å². The fourth-order valence-corrected chi connectivity index (χ4v) is 3.23. The largest absolute Gasteiger partial charge is 0.390 e. The molecule has 0 spiro atoms. The molecule has 1 aliphatic rings. The Morgan fingerprint density at radius 3 is 2.19 bits per heavy atom. The average Bonchev–Trinajstić information content (AvgIpc) is 2.67.